The third-order valence-electron chi connectivity index (χ3n) is 3.50. The summed E-state index contributed by atoms with van der Waals surface area (Å²) >= 11 is 0. The quantitative estimate of drug-likeness (QED) is 0.271. The van der Waals surface area contributed by atoms with Crippen molar-refractivity contribution >= 4 is 23.8 Å². The molecule has 8 nitrogen and oxygen atoms in total. The molecule has 0 aliphatic heterocycles. The van der Waals surface area contributed by atoms with E-state index >= 15 is 0 Å². The van der Waals surface area contributed by atoms with Crippen molar-refractivity contribution in [3.05, 3.63) is 0 Å². The van der Waals surface area contributed by atoms with Crippen molar-refractivity contribution in [3.63, 3.8) is 0 Å². The molecule has 0 aromatic carbocycles. The van der Waals surface area contributed by atoms with Gasteiger partial charge in [-0.2, -0.15) is 0 Å². The van der Waals surface area contributed by atoms with Gasteiger partial charge in [0.1, 0.15) is 0 Å². The molecule has 0 unspecified atom stereocenters. The molecular weight excluding hydrogens is 340 g/mol. The van der Waals surface area contributed by atoms with Crippen molar-refractivity contribution in [3.8, 4) is 0 Å². The van der Waals surface area contributed by atoms with Crippen molar-refractivity contribution in [2.45, 2.75) is 65.2 Å². The van der Waals surface area contributed by atoms with Crippen LogP contribution in [0.5, 0.6) is 0 Å². The smallest absolute Gasteiger partial charge is 0.309 e. The molecule has 0 fully saturated rings. The first-order valence-electron chi connectivity index (χ1n) is 9.38. The van der Waals surface area contributed by atoms with Crippen LogP contribution in [0.3, 0.4) is 0 Å². The van der Waals surface area contributed by atoms with Crippen LogP contribution in [-0.4, -0.2) is 50.1 Å². The van der Waals surface area contributed by atoms with Crippen molar-refractivity contribution < 1.29 is 28.7 Å². The molecule has 0 aromatic heterocycles. The van der Waals surface area contributed by atoms with E-state index in [0.717, 1.165) is 12.8 Å². The lowest BCUT2D eigenvalue weighted by molar-refractivity contribution is -0.144. The zero-order valence-electron chi connectivity index (χ0n) is 15.9. The zero-order valence-corrected chi connectivity index (χ0v) is 15.9. The predicted molar refractivity (Wildman–Crippen MR) is 96.2 cm³/mol. The molecule has 0 atom stereocenters. The number of hydrogen-bond acceptors (Lipinski definition) is 6. The van der Waals surface area contributed by atoms with Crippen LogP contribution in [0.15, 0.2) is 0 Å². The van der Waals surface area contributed by atoms with E-state index in [4.69, 9.17) is 9.47 Å². The highest BCUT2D eigenvalue weighted by molar-refractivity contribution is 6.35. The first kappa shape index (κ1) is 23.9. The summed E-state index contributed by atoms with van der Waals surface area (Å²) in [6.45, 7) is 5.10. The van der Waals surface area contributed by atoms with Crippen molar-refractivity contribution in [1.29, 1.82) is 0 Å². The molecule has 0 saturated heterocycles. The number of carbonyl (C=O) groups excluding carboxylic acids is 4. The Hall–Kier alpha value is -2.12. The third kappa shape index (κ3) is 14.2. The molecule has 0 aliphatic carbocycles. The minimum absolute atomic E-state index is 0.210. The van der Waals surface area contributed by atoms with Crippen LogP contribution in [0.25, 0.3) is 0 Å². The van der Waals surface area contributed by atoms with Gasteiger partial charge in [-0.15, -0.1) is 0 Å². The molecule has 0 spiro atoms. The molecule has 0 aromatic rings. The second-order valence-corrected chi connectivity index (χ2v) is 5.74. The van der Waals surface area contributed by atoms with E-state index in [1.54, 1.807) is 13.8 Å². The highest BCUT2D eigenvalue weighted by Crippen LogP contribution is 2.01. The Kier molecular flexibility index (Phi) is 15.0. The van der Waals surface area contributed by atoms with Gasteiger partial charge in [0.25, 0.3) is 0 Å². The van der Waals surface area contributed by atoms with Gasteiger partial charge in [0.05, 0.1) is 13.2 Å². The summed E-state index contributed by atoms with van der Waals surface area (Å²) in [6, 6.07) is 0. The summed E-state index contributed by atoms with van der Waals surface area (Å²) in [5.74, 6) is -1.72. The molecule has 150 valence electrons. The van der Waals surface area contributed by atoms with Crippen LogP contribution in [0, 0.1) is 0 Å². The summed E-state index contributed by atoms with van der Waals surface area (Å²) < 4.78 is 9.64. The number of nitrogens with one attached hydrogen (secondary N) is 2. The molecule has 0 aliphatic rings. The molecule has 0 rings (SSSR count). The summed E-state index contributed by atoms with van der Waals surface area (Å²) in [5, 5.41) is 5.10. The van der Waals surface area contributed by atoms with Gasteiger partial charge in [0.2, 0.25) is 0 Å². The first-order chi connectivity index (χ1) is 12.5. The van der Waals surface area contributed by atoms with E-state index in [-0.39, 0.29) is 11.9 Å². The molecule has 2 N–H and O–H groups in total. The van der Waals surface area contributed by atoms with Crippen LogP contribution in [0.2, 0.25) is 0 Å². The maximum absolute atomic E-state index is 11.6. The number of esters is 2. The number of amides is 2. The normalized spacial score (nSPS) is 10.1. The summed E-state index contributed by atoms with van der Waals surface area (Å²) in [4.78, 5) is 45.5. The first-order valence-corrected chi connectivity index (χ1v) is 9.38. The average Bonchev–Trinajstić information content (AvgIpc) is 2.60. The van der Waals surface area contributed by atoms with E-state index in [1.165, 1.54) is 0 Å². The Morgan fingerprint density at radius 3 is 1.35 bits per heavy atom. The Bertz CT molecular complexity index is 399. The van der Waals surface area contributed by atoms with Gasteiger partial charge in [-0.3, -0.25) is 19.2 Å². The Morgan fingerprint density at radius 2 is 1.00 bits per heavy atom. The van der Waals surface area contributed by atoms with Crippen LogP contribution in [0.1, 0.15) is 65.2 Å². The van der Waals surface area contributed by atoms with Gasteiger partial charge in [-0.05, 0) is 39.5 Å². The number of rotatable bonds is 14. The fraction of sp³-hybridized carbons (Fsp3) is 0.778. The predicted octanol–water partition coefficient (Wildman–Crippen LogP) is 1.47. The highest BCUT2D eigenvalue weighted by atomic mass is 16.5. The average molecular weight is 372 g/mol. The molecule has 8 heteroatoms. The molecule has 2 amide bonds. The van der Waals surface area contributed by atoms with Crippen LogP contribution in [0.4, 0.5) is 0 Å². The van der Waals surface area contributed by atoms with Crippen molar-refractivity contribution in [2.24, 2.45) is 0 Å². The van der Waals surface area contributed by atoms with Gasteiger partial charge in [-0.1, -0.05) is 12.8 Å². The molecule has 0 saturated carbocycles. The Labute approximate surface area is 155 Å². The van der Waals surface area contributed by atoms with E-state index in [2.05, 4.69) is 10.6 Å². The van der Waals surface area contributed by atoms with E-state index in [1.807, 2.05) is 0 Å². The van der Waals surface area contributed by atoms with Gasteiger partial charge in [0, 0.05) is 25.9 Å². The van der Waals surface area contributed by atoms with Crippen LogP contribution in [-0.2, 0) is 28.7 Å². The van der Waals surface area contributed by atoms with Gasteiger partial charge < -0.3 is 20.1 Å². The minimum Gasteiger partial charge on any atom is -0.466 e. The van der Waals surface area contributed by atoms with E-state index < -0.39 is 11.8 Å². The highest BCUT2D eigenvalue weighted by Gasteiger charge is 2.11. The lowest BCUT2D eigenvalue weighted by Crippen LogP contribution is -2.40. The summed E-state index contributed by atoms with van der Waals surface area (Å²) in [6.07, 6.45) is 5.11. The largest absolute Gasteiger partial charge is 0.466 e. The standard InChI is InChI=1S/C18H32N2O6/c1-3-25-15(21)11-7-5-9-13-19-17(23)18(24)20-14-10-6-8-12-16(22)26-4-2/h3-14H2,1-2H3,(H,19,23)(H,20,24). The van der Waals surface area contributed by atoms with Crippen LogP contribution < -0.4 is 10.6 Å². The fourth-order valence-corrected chi connectivity index (χ4v) is 2.17. The second-order valence-electron chi connectivity index (χ2n) is 5.74. The Balaban J connectivity index is 3.53. The zero-order chi connectivity index (χ0) is 19.6. The monoisotopic (exact) mass is 372 g/mol. The van der Waals surface area contributed by atoms with Gasteiger partial charge >= 0.3 is 23.8 Å². The number of unbranched alkanes of at least 4 members (excludes halogenated alkanes) is 4. The van der Waals surface area contributed by atoms with Crippen molar-refractivity contribution in [1.82, 2.24) is 10.6 Å². The SMILES string of the molecule is CCOC(=O)CCCCCNC(=O)C(=O)NCCCCCC(=O)OCC. The maximum Gasteiger partial charge on any atom is 0.309 e. The topological polar surface area (TPSA) is 111 Å². The van der Waals surface area contributed by atoms with E-state index in [0.29, 0.717) is 64.8 Å². The number of ether oxygens (including phenoxy) is 2. The lowest BCUT2D eigenvalue weighted by atomic mass is 10.2. The second kappa shape index (κ2) is 16.4. The maximum atomic E-state index is 11.6. The number of carbonyl (C=O) groups is 4. The summed E-state index contributed by atoms with van der Waals surface area (Å²) in [5.41, 5.74) is 0. The van der Waals surface area contributed by atoms with E-state index in [9.17, 15) is 19.2 Å². The molecule has 0 bridgehead atoms. The molecule has 0 radical (unpaired) electrons. The van der Waals surface area contributed by atoms with Crippen molar-refractivity contribution in [2.75, 3.05) is 26.3 Å². The van der Waals surface area contributed by atoms with Gasteiger partial charge in [-0.25, -0.2) is 0 Å². The van der Waals surface area contributed by atoms with Gasteiger partial charge in [0.15, 0.2) is 0 Å². The number of hydrogen-bond donors (Lipinski definition) is 2. The Morgan fingerprint density at radius 1 is 0.615 bits per heavy atom. The molecular formula is C18H32N2O6. The minimum atomic E-state index is -0.651. The molecule has 26 heavy (non-hydrogen) atoms. The lowest BCUT2D eigenvalue weighted by Gasteiger charge is -2.07. The fourth-order valence-electron chi connectivity index (χ4n) is 2.17. The summed E-state index contributed by atoms with van der Waals surface area (Å²) in [7, 11) is 0. The molecule has 0 heterocycles. The third-order valence-corrected chi connectivity index (χ3v) is 3.50. The van der Waals surface area contributed by atoms with Crippen LogP contribution >= 0.6 is 0 Å².